The van der Waals surface area contributed by atoms with Gasteiger partial charge in [0.25, 0.3) is 5.91 Å². The number of hydrogen-bond donors (Lipinski definition) is 2. The van der Waals surface area contributed by atoms with Crippen molar-refractivity contribution in [3.05, 3.63) is 83.4 Å². The van der Waals surface area contributed by atoms with E-state index in [1.807, 2.05) is 36.4 Å². The average molecular weight is 327 g/mol. The molecule has 3 rings (SSSR count). The minimum Gasteiger partial charge on any atom is -0.394 e. The Morgan fingerprint density at radius 2 is 1.75 bits per heavy atom. The molecule has 0 bridgehead atoms. The van der Waals surface area contributed by atoms with Gasteiger partial charge in [0, 0.05) is 0 Å². The van der Waals surface area contributed by atoms with Crippen LogP contribution in [-0.2, 0) is 0 Å². The van der Waals surface area contributed by atoms with E-state index in [-0.39, 0.29) is 6.61 Å². The van der Waals surface area contributed by atoms with Gasteiger partial charge in [-0.25, -0.2) is 8.78 Å². The molecule has 1 amide bonds. The van der Waals surface area contributed by atoms with Crippen molar-refractivity contribution in [3.8, 4) is 0 Å². The van der Waals surface area contributed by atoms with Gasteiger partial charge in [-0.15, -0.1) is 0 Å². The first-order valence-corrected chi connectivity index (χ1v) is 7.44. The Labute approximate surface area is 137 Å². The van der Waals surface area contributed by atoms with Crippen molar-refractivity contribution in [1.82, 2.24) is 5.32 Å². The smallest absolute Gasteiger partial charge is 0.254 e. The highest BCUT2D eigenvalue weighted by molar-refractivity contribution is 5.94. The van der Waals surface area contributed by atoms with Crippen molar-refractivity contribution in [2.75, 3.05) is 6.61 Å². The van der Waals surface area contributed by atoms with E-state index in [0.717, 1.165) is 29.0 Å². The number of nitrogens with one attached hydrogen (secondary N) is 1. The molecule has 0 radical (unpaired) electrons. The third-order valence-corrected chi connectivity index (χ3v) is 3.84. The van der Waals surface area contributed by atoms with Crippen LogP contribution in [0.3, 0.4) is 0 Å². The van der Waals surface area contributed by atoms with E-state index in [1.165, 1.54) is 0 Å². The summed E-state index contributed by atoms with van der Waals surface area (Å²) in [6.45, 7) is -0.360. The minimum absolute atomic E-state index is 0.360. The summed E-state index contributed by atoms with van der Waals surface area (Å²) in [6.07, 6.45) is 0. The molecule has 24 heavy (non-hydrogen) atoms. The number of carbonyl (C=O) groups is 1. The molecule has 0 saturated carbocycles. The normalized spacial score (nSPS) is 12.1. The lowest BCUT2D eigenvalue weighted by Gasteiger charge is -2.17. The van der Waals surface area contributed by atoms with Gasteiger partial charge in [-0.3, -0.25) is 4.79 Å². The number of aliphatic hydroxyl groups is 1. The van der Waals surface area contributed by atoms with Gasteiger partial charge < -0.3 is 10.4 Å². The Morgan fingerprint density at radius 3 is 2.50 bits per heavy atom. The molecule has 0 spiro atoms. The van der Waals surface area contributed by atoms with Gasteiger partial charge in [0.15, 0.2) is 0 Å². The largest absolute Gasteiger partial charge is 0.394 e. The SMILES string of the molecule is O=C(N[C@@H](CO)c1ccc2ccccc2c1)c1cc(F)ccc1F. The summed E-state index contributed by atoms with van der Waals surface area (Å²) < 4.78 is 26.9. The van der Waals surface area contributed by atoms with E-state index in [4.69, 9.17) is 0 Å². The second-order valence-corrected chi connectivity index (χ2v) is 5.44. The van der Waals surface area contributed by atoms with Crippen LogP contribution in [0.4, 0.5) is 8.78 Å². The van der Waals surface area contributed by atoms with E-state index in [2.05, 4.69) is 5.32 Å². The molecule has 1 atom stereocenters. The summed E-state index contributed by atoms with van der Waals surface area (Å²) in [5, 5.41) is 14.1. The van der Waals surface area contributed by atoms with E-state index in [1.54, 1.807) is 6.07 Å². The summed E-state index contributed by atoms with van der Waals surface area (Å²) in [4.78, 5) is 12.2. The van der Waals surface area contributed by atoms with Crippen LogP contribution in [-0.4, -0.2) is 17.6 Å². The molecule has 3 aromatic carbocycles. The number of rotatable bonds is 4. The zero-order valence-corrected chi connectivity index (χ0v) is 12.7. The summed E-state index contributed by atoms with van der Waals surface area (Å²) in [5.41, 5.74) is 0.288. The highest BCUT2D eigenvalue weighted by Crippen LogP contribution is 2.21. The molecule has 3 aromatic rings. The Bertz CT molecular complexity index is 895. The minimum atomic E-state index is -0.816. The fourth-order valence-electron chi connectivity index (χ4n) is 2.57. The standard InChI is InChI=1S/C19H15F2NO2/c20-15-7-8-17(21)16(10-15)19(24)22-18(11-23)14-6-5-12-3-1-2-4-13(12)9-14/h1-10,18,23H,11H2,(H,22,24)/t18-/m0/s1. The molecule has 3 nitrogen and oxygen atoms in total. The molecule has 0 fully saturated rings. The first-order chi connectivity index (χ1) is 11.6. The van der Waals surface area contributed by atoms with Crippen molar-refractivity contribution < 1.29 is 18.7 Å². The topological polar surface area (TPSA) is 49.3 Å². The number of benzene rings is 3. The number of fused-ring (bicyclic) bond motifs is 1. The number of carbonyl (C=O) groups excluding carboxylic acids is 1. The van der Waals surface area contributed by atoms with E-state index >= 15 is 0 Å². The maximum Gasteiger partial charge on any atom is 0.254 e. The summed E-state index contributed by atoms with van der Waals surface area (Å²) >= 11 is 0. The molecule has 0 aliphatic heterocycles. The Kier molecular flexibility index (Phi) is 4.53. The molecule has 0 unspecified atom stereocenters. The average Bonchev–Trinajstić information content (AvgIpc) is 2.61. The van der Waals surface area contributed by atoms with Gasteiger partial charge in [0.1, 0.15) is 11.6 Å². The Hall–Kier alpha value is -2.79. The van der Waals surface area contributed by atoms with Crippen molar-refractivity contribution in [1.29, 1.82) is 0 Å². The highest BCUT2D eigenvalue weighted by atomic mass is 19.1. The van der Waals surface area contributed by atoms with Crippen molar-refractivity contribution >= 4 is 16.7 Å². The van der Waals surface area contributed by atoms with Crippen LogP contribution in [0.25, 0.3) is 10.8 Å². The van der Waals surface area contributed by atoms with Crippen LogP contribution < -0.4 is 5.32 Å². The van der Waals surface area contributed by atoms with E-state index in [9.17, 15) is 18.7 Å². The summed E-state index contributed by atoms with van der Waals surface area (Å²) in [7, 11) is 0. The maximum atomic E-state index is 13.7. The third-order valence-electron chi connectivity index (χ3n) is 3.84. The second kappa shape index (κ2) is 6.76. The third kappa shape index (κ3) is 3.26. The fraction of sp³-hybridized carbons (Fsp3) is 0.105. The lowest BCUT2D eigenvalue weighted by Crippen LogP contribution is -2.31. The van der Waals surface area contributed by atoms with Crippen molar-refractivity contribution in [2.24, 2.45) is 0 Å². The summed E-state index contributed by atoms with van der Waals surface area (Å²) in [5.74, 6) is -2.30. The predicted molar refractivity (Wildman–Crippen MR) is 87.6 cm³/mol. The van der Waals surface area contributed by atoms with Gasteiger partial charge in [-0.2, -0.15) is 0 Å². The molecule has 0 heterocycles. The number of hydrogen-bond acceptors (Lipinski definition) is 2. The molecule has 0 aliphatic carbocycles. The maximum absolute atomic E-state index is 13.7. The van der Waals surface area contributed by atoms with Crippen LogP contribution in [0.15, 0.2) is 60.7 Å². The Morgan fingerprint density at radius 1 is 1.00 bits per heavy atom. The van der Waals surface area contributed by atoms with Gasteiger partial charge in [-0.1, -0.05) is 36.4 Å². The molecule has 0 aliphatic rings. The number of aliphatic hydroxyl groups excluding tert-OH is 1. The summed E-state index contributed by atoms with van der Waals surface area (Å²) in [6, 6.07) is 15.1. The lowest BCUT2D eigenvalue weighted by molar-refractivity contribution is 0.0911. The second-order valence-electron chi connectivity index (χ2n) is 5.44. The molecule has 122 valence electrons. The zero-order valence-electron chi connectivity index (χ0n) is 12.7. The van der Waals surface area contributed by atoms with Gasteiger partial charge in [0.05, 0.1) is 18.2 Å². The van der Waals surface area contributed by atoms with Crippen LogP contribution in [0.1, 0.15) is 22.0 Å². The fourth-order valence-corrected chi connectivity index (χ4v) is 2.57. The Balaban J connectivity index is 1.87. The number of halogens is 2. The van der Waals surface area contributed by atoms with E-state index < -0.39 is 29.1 Å². The van der Waals surface area contributed by atoms with Gasteiger partial charge >= 0.3 is 0 Å². The van der Waals surface area contributed by atoms with Crippen LogP contribution in [0, 0.1) is 11.6 Å². The van der Waals surface area contributed by atoms with Crippen molar-refractivity contribution in [3.63, 3.8) is 0 Å². The van der Waals surface area contributed by atoms with Crippen molar-refractivity contribution in [2.45, 2.75) is 6.04 Å². The van der Waals surface area contributed by atoms with Crippen LogP contribution in [0.2, 0.25) is 0 Å². The first-order valence-electron chi connectivity index (χ1n) is 7.44. The van der Waals surface area contributed by atoms with Crippen LogP contribution >= 0.6 is 0 Å². The lowest BCUT2D eigenvalue weighted by atomic mass is 10.0. The van der Waals surface area contributed by atoms with E-state index in [0.29, 0.717) is 5.56 Å². The molecule has 2 N–H and O–H groups in total. The molecule has 0 saturated heterocycles. The molecule has 0 aromatic heterocycles. The van der Waals surface area contributed by atoms with Crippen LogP contribution in [0.5, 0.6) is 0 Å². The molecular weight excluding hydrogens is 312 g/mol. The molecular formula is C19H15F2NO2. The highest BCUT2D eigenvalue weighted by Gasteiger charge is 2.18. The monoisotopic (exact) mass is 327 g/mol. The zero-order chi connectivity index (χ0) is 17.1. The molecule has 5 heteroatoms. The quantitative estimate of drug-likeness (QED) is 0.769. The number of amides is 1. The first kappa shape index (κ1) is 16.1. The van der Waals surface area contributed by atoms with Gasteiger partial charge in [-0.05, 0) is 40.6 Å². The van der Waals surface area contributed by atoms with Gasteiger partial charge in [0.2, 0.25) is 0 Å². The predicted octanol–water partition coefficient (Wildman–Crippen LogP) is 3.58.